The van der Waals surface area contributed by atoms with Crippen LogP contribution in [0.25, 0.3) is 10.9 Å². The van der Waals surface area contributed by atoms with Crippen LogP contribution in [0.5, 0.6) is 0 Å². The fraction of sp³-hybridized carbons (Fsp3) is 0.533. The Morgan fingerprint density at radius 3 is 3.00 bits per heavy atom. The summed E-state index contributed by atoms with van der Waals surface area (Å²) in [5, 5.41) is 7.42. The fourth-order valence-electron chi connectivity index (χ4n) is 2.78. The van der Waals surface area contributed by atoms with Crippen LogP contribution < -0.4 is 0 Å². The Bertz CT molecular complexity index is 638. The molecular weight excluding hydrogens is 419 g/mol. The molecule has 0 aliphatic carbocycles. The number of nitrogens with zero attached hydrogens (tertiary/aromatic N) is 2. The average molecular weight is 437 g/mol. The third kappa shape index (κ3) is 3.16. The van der Waals surface area contributed by atoms with Crippen molar-refractivity contribution in [1.82, 2.24) is 9.78 Å². The van der Waals surface area contributed by atoms with Crippen LogP contribution in [0, 0.1) is 0 Å². The second-order valence-corrected chi connectivity index (χ2v) is 7.28. The van der Waals surface area contributed by atoms with E-state index in [0.29, 0.717) is 0 Å². The second-order valence-electron chi connectivity index (χ2n) is 5.29. The summed E-state index contributed by atoms with van der Waals surface area (Å²) in [6.45, 7) is 0.810. The summed E-state index contributed by atoms with van der Waals surface area (Å²) in [7, 11) is 0. The number of halogens is 3. The number of fused-ring (bicyclic) bond motifs is 1. The molecule has 6 heteroatoms. The lowest BCUT2D eigenvalue weighted by Crippen LogP contribution is -2.18. The Balaban J connectivity index is 2.02. The van der Waals surface area contributed by atoms with Gasteiger partial charge in [0.25, 0.3) is 0 Å². The number of alkyl halides is 1. The molecule has 0 radical (unpaired) electrons. The smallest absolute Gasteiger partial charge is 0.150 e. The molecule has 2 aromatic rings. The van der Waals surface area contributed by atoms with E-state index in [9.17, 15) is 0 Å². The minimum absolute atomic E-state index is 0.0348. The van der Waals surface area contributed by atoms with Gasteiger partial charge in [-0.25, -0.2) is 4.68 Å². The number of aromatic nitrogens is 2. The number of benzene rings is 1. The van der Waals surface area contributed by atoms with Crippen molar-refractivity contribution in [2.75, 3.05) is 11.9 Å². The van der Waals surface area contributed by atoms with E-state index in [0.717, 1.165) is 63.6 Å². The molecule has 1 aliphatic heterocycles. The molecule has 0 N–H and O–H groups in total. The van der Waals surface area contributed by atoms with Crippen molar-refractivity contribution in [1.29, 1.82) is 0 Å². The van der Waals surface area contributed by atoms with Crippen molar-refractivity contribution in [2.24, 2.45) is 0 Å². The summed E-state index contributed by atoms with van der Waals surface area (Å²) in [5.74, 6) is 0. The first-order valence-corrected chi connectivity index (χ1v) is 9.53. The van der Waals surface area contributed by atoms with Gasteiger partial charge in [0.2, 0.25) is 0 Å². The van der Waals surface area contributed by atoms with Crippen LogP contribution in [0.15, 0.2) is 16.7 Å². The summed E-state index contributed by atoms with van der Waals surface area (Å²) < 4.78 is 8.88. The number of hydrogen-bond acceptors (Lipinski definition) is 2. The average Bonchev–Trinajstić information content (AvgIpc) is 2.92. The van der Waals surface area contributed by atoms with Crippen molar-refractivity contribution < 1.29 is 4.74 Å². The monoisotopic (exact) mass is 434 g/mol. The summed E-state index contributed by atoms with van der Waals surface area (Å²) in [4.78, 5) is 0. The van der Waals surface area contributed by atoms with E-state index in [1.807, 2.05) is 16.9 Å². The van der Waals surface area contributed by atoms with E-state index >= 15 is 0 Å². The molecule has 1 aromatic carbocycles. The van der Waals surface area contributed by atoms with E-state index < -0.39 is 0 Å². The van der Waals surface area contributed by atoms with Crippen LogP contribution in [0.2, 0.25) is 5.02 Å². The highest BCUT2D eigenvalue weighted by Gasteiger charge is 2.21. The first kappa shape index (κ1) is 15.8. The Kier molecular flexibility index (Phi) is 5.25. The molecule has 1 fully saturated rings. The normalized spacial score (nSPS) is 19.3. The first-order chi connectivity index (χ1) is 10.2. The maximum atomic E-state index is 6.48. The van der Waals surface area contributed by atoms with Gasteiger partial charge in [-0.05, 0) is 59.7 Å². The zero-order valence-corrected chi connectivity index (χ0v) is 15.5. The second kappa shape index (κ2) is 6.99. The van der Waals surface area contributed by atoms with E-state index in [4.69, 9.17) is 16.3 Å². The van der Waals surface area contributed by atoms with Gasteiger partial charge in [-0.1, -0.05) is 27.5 Å². The highest BCUT2D eigenvalue weighted by atomic mass is 79.9. The van der Waals surface area contributed by atoms with Crippen LogP contribution in [-0.4, -0.2) is 21.7 Å². The molecule has 1 aliphatic rings. The van der Waals surface area contributed by atoms with Gasteiger partial charge in [-0.2, -0.15) is 5.10 Å². The lowest BCUT2D eigenvalue weighted by Gasteiger charge is -2.23. The third-order valence-corrected chi connectivity index (χ3v) is 5.68. The number of ether oxygens (including phenoxy) is 1. The first-order valence-electron chi connectivity index (χ1n) is 7.24. The SMILES string of the molecule is Clc1cc2c(cnn2C2CCCCO2)c(Br)c1CCCBr. The fourth-order valence-corrected chi connectivity index (χ4v) is 4.18. The summed E-state index contributed by atoms with van der Waals surface area (Å²) in [6.07, 6.45) is 7.28. The molecule has 1 aromatic heterocycles. The van der Waals surface area contributed by atoms with Crippen LogP contribution >= 0.6 is 43.5 Å². The van der Waals surface area contributed by atoms with Crippen LogP contribution in [0.1, 0.15) is 37.5 Å². The molecule has 0 amide bonds. The van der Waals surface area contributed by atoms with Crippen LogP contribution in [0.4, 0.5) is 0 Å². The van der Waals surface area contributed by atoms with Crippen molar-refractivity contribution in [2.45, 2.75) is 38.3 Å². The highest BCUT2D eigenvalue weighted by Crippen LogP contribution is 2.36. The maximum Gasteiger partial charge on any atom is 0.150 e. The summed E-state index contributed by atoms with van der Waals surface area (Å²) in [5.41, 5.74) is 2.20. The van der Waals surface area contributed by atoms with Crippen molar-refractivity contribution in [3.05, 3.63) is 27.3 Å². The Hall–Kier alpha value is -0.100. The minimum Gasteiger partial charge on any atom is -0.356 e. The zero-order chi connectivity index (χ0) is 14.8. The van der Waals surface area contributed by atoms with Crippen molar-refractivity contribution in [3.63, 3.8) is 0 Å². The maximum absolute atomic E-state index is 6.48. The third-order valence-electron chi connectivity index (χ3n) is 3.88. The molecule has 3 nitrogen and oxygen atoms in total. The van der Waals surface area contributed by atoms with Crippen LogP contribution in [-0.2, 0) is 11.2 Å². The largest absolute Gasteiger partial charge is 0.356 e. The van der Waals surface area contributed by atoms with Crippen LogP contribution in [0.3, 0.4) is 0 Å². The summed E-state index contributed by atoms with van der Waals surface area (Å²) >= 11 is 13.7. The minimum atomic E-state index is 0.0348. The molecule has 21 heavy (non-hydrogen) atoms. The number of rotatable bonds is 4. The van der Waals surface area contributed by atoms with E-state index in [2.05, 4.69) is 37.0 Å². The van der Waals surface area contributed by atoms with Gasteiger partial charge in [-0.15, -0.1) is 0 Å². The van der Waals surface area contributed by atoms with Gasteiger partial charge in [0.1, 0.15) is 0 Å². The van der Waals surface area contributed by atoms with E-state index in [-0.39, 0.29) is 6.23 Å². The zero-order valence-electron chi connectivity index (χ0n) is 11.6. The Morgan fingerprint density at radius 2 is 2.29 bits per heavy atom. The standard InChI is InChI=1S/C15H17Br2ClN2O/c16-6-3-4-10-12(18)8-13-11(15(10)17)9-19-20(13)14-5-1-2-7-21-14/h8-9,14H,1-7H2. The topological polar surface area (TPSA) is 27.1 Å². The van der Waals surface area contributed by atoms with Crippen molar-refractivity contribution in [3.8, 4) is 0 Å². The van der Waals surface area contributed by atoms with E-state index in [1.165, 1.54) is 6.42 Å². The van der Waals surface area contributed by atoms with Gasteiger partial charge >= 0.3 is 0 Å². The van der Waals surface area contributed by atoms with Gasteiger partial charge in [0.05, 0.1) is 11.7 Å². The van der Waals surface area contributed by atoms with Gasteiger partial charge in [0, 0.05) is 26.8 Å². The predicted molar refractivity (Wildman–Crippen MR) is 93.4 cm³/mol. The molecule has 3 rings (SSSR count). The molecule has 0 spiro atoms. The van der Waals surface area contributed by atoms with Gasteiger partial charge in [0.15, 0.2) is 6.23 Å². The predicted octanol–water partition coefficient (Wildman–Crippen LogP) is 5.48. The molecule has 0 bridgehead atoms. The molecule has 2 heterocycles. The van der Waals surface area contributed by atoms with Gasteiger partial charge in [-0.3, -0.25) is 0 Å². The Morgan fingerprint density at radius 1 is 1.43 bits per heavy atom. The molecule has 114 valence electrons. The number of hydrogen-bond donors (Lipinski definition) is 0. The van der Waals surface area contributed by atoms with Crippen molar-refractivity contribution >= 4 is 54.4 Å². The van der Waals surface area contributed by atoms with E-state index in [1.54, 1.807) is 0 Å². The quantitative estimate of drug-likeness (QED) is 0.594. The molecule has 1 atom stereocenters. The molecule has 1 unspecified atom stereocenters. The molecular formula is C15H17Br2ClN2O. The summed E-state index contributed by atoms with van der Waals surface area (Å²) in [6, 6.07) is 2.02. The van der Waals surface area contributed by atoms with Gasteiger partial charge < -0.3 is 4.74 Å². The lowest BCUT2D eigenvalue weighted by molar-refractivity contribution is -0.0366. The highest BCUT2D eigenvalue weighted by molar-refractivity contribution is 9.10. The molecule has 1 saturated heterocycles. The Labute approximate surface area is 146 Å². The molecule has 0 saturated carbocycles. The lowest BCUT2D eigenvalue weighted by atomic mass is 10.1.